The predicted octanol–water partition coefficient (Wildman–Crippen LogP) is 6.38. The number of nitrogens with zero attached hydrogens (tertiary/aromatic N) is 1. The topological polar surface area (TPSA) is 66.4 Å². The number of unbranched alkanes of at least 4 members (excludes halogenated alkanes) is 2. The molecule has 0 heterocycles. The van der Waals surface area contributed by atoms with Crippen molar-refractivity contribution in [3.05, 3.63) is 0 Å². The van der Waals surface area contributed by atoms with E-state index in [1.54, 1.807) is 7.11 Å². The van der Waals surface area contributed by atoms with Crippen molar-refractivity contribution in [1.82, 2.24) is 0 Å². The maximum Gasteiger partial charge on any atom is 0.305 e. The van der Waals surface area contributed by atoms with E-state index in [9.17, 15) is 4.79 Å². The third-order valence-corrected chi connectivity index (χ3v) is 7.96. The molecule has 1 fully saturated rings. The summed E-state index contributed by atoms with van der Waals surface area (Å²) in [6.45, 7) is 15.7. The van der Waals surface area contributed by atoms with Crippen LogP contribution in [0.1, 0.15) is 64.7 Å². The lowest BCUT2D eigenvalue weighted by Gasteiger charge is -2.31. The lowest BCUT2D eigenvalue weighted by Crippen LogP contribution is -2.35. The van der Waals surface area contributed by atoms with E-state index in [0.717, 1.165) is 44.2 Å². The number of oxime groups is 1. The molecule has 32 heavy (non-hydrogen) atoms. The van der Waals surface area contributed by atoms with Crippen LogP contribution in [-0.2, 0) is 23.2 Å². The fraction of sp³-hybridized carbons (Fsp3) is 0.917. The summed E-state index contributed by atoms with van der Waals surface area (Å²) in [4.78, 5) is 17.1. The fourth-order valence-electron chi connectivity index (χ4n) is 4.75. The lowest BCUT2D eigenvalue weighted by molar-refractivity contribution is -0.141. The highest BCUT2D eigenvalue weighted by molar-refractivity contribution is 6.70. The zero-order valence-corrected chi connectivity index (χ0v) is 24.2. The van der Waals surface area contributed by atoms with Crippen LogP contribution in [0.15, 0.2) is 5.16 Å². The molecule has 0 unspecified atom stereocenters. The number of carbonyl (C=O) groups excluding carboxylic acids is 1. The molecule has 0 amide bonds. The molecule has 1 saturated carbocycles. The molecule has 0 spiro atoms. The quantitative estimate of drug-likeness (QED) is 0.0881. The molecular weight excluding hydrogens is 438 g/mol. The van der Waals surface area contributed by atoms with Crippen LogP contribution in [0.2, 0.25) is 39.3 Å². The van der Waals surface area contributed by atoms with Gasteiger partial charge in [-0.25, -0.2) is 0 Å². The summed E-state index contributed by atoms with van der Waals surface area (Å²) in [6.07, 6.45) is 8.86. The van der Waals surface area contributed by atoms with Crippen LogP contribution >= 0.6 is 0 Å². The maximum absolute atomic E-state index is 12.0. The minimum absolute atomic E-state index is 0.139. The van der Waals surface area contributed by atoms with E-state index in [1.165, 1.54) is 20.0 Å². The highest BCUT2D eigenvalue weighted by Gasteiger charge is 2.46. The van der Waals surface area contributed by atoms with E-state index in [-0.39, 0.29) is 18.2 Å². The van der Waals surface area contributed by atoms with Crippen molar-refractivity contribution in [2.45, 2.75) is 116 Å². The fourth-order valence-corrected chi connectivity index (χ4v) is 7.11. The van der Waals surface area contributed by atoms with Gasteiger partial charge in [0.25, 0.3) is 0 Å². The van der Waals surface area contributed by atoms with Crippen molar-refractivity contribution in [3.63, 3.8) is 0 Å². The van der Waals surface area contributed by atoms with Crippen molar-refractivity contribution in [2.24, 2.45) is 17.0 Å². The monoisotopic (exact) mass is 487 g/mol. The number of esters is 1. The van der Waals surface area contributed by atoms with Gasteiger partial charge in [-0.15, -0.1) is 0 Å². The molecule has 0 bridgehead atoms. The first-order valence-electron chi connectivity index (χ1n) is 12.4. The molecule has 188 valence electrons. The van der Waals surface area contributed by atoms with E-state index in [0.29, 0.717) is 18.3 Å². The van der Waals surface area contributed by atoms with Crippen molar-refractivity contribution >= 4 is 28.3 Å². The van der Waals surface area contributed by atoms with E-state index >= 15 is 0 Å². The summed E-state index contributed by atoms with van der Waals surface area (Å²) in [5, 5.41) is 4.33. The molecule has 1 aliphatic carbocycles. The van der Waals surface area contributed by atoms with Gasteiger partial charge in [0.05, 0.1) is 25.0 Å². The molecule has 1 aliphatic rings. The van der Waals surface area contributed by atoms with Gasteiger partial charge in [0.2, 0.25) is 0 Å². The second kappa shape index (κ2) is 13.9. The Morgan fingerprint density at radius 2 is 1.38 bits per heavy atom. The van der Waals surface area contributed by atoms with Crippen LogP contribution < -0.4 is 0 Å². The molecule has 8 heteroatoms. The number of rotatable bonds is 15. The third-order valence-electron chi connectivity index (χ3n) is 5.94. The van der Waals surface area contributed by atoms with Gasteiger partial charge < -0.3 is 18.4 Å². The van der Waals surface area contributed by atoms with Gasteiger partial charge in [-0.3, -0.25) is 4.79 Å². The summed E-state index contributed by atoms with van der Waals surface area (Å²) in [7, 11) is -0.359. The lowest BCUT2D eigenvalue weighted by atomic mass is 9.85. The average molecular weight is 488 g/mol. The SMILES string of the molecule is CCCCC/C(CC[C@H]1[C@H](CCC(=O)OC)[C@H](O[Si](C)(C)C)C[C@H]1O[Si](C)(C)C)=N\OC. The zero-order chi connectivity index (χ0) is 24.4. The summed E-state index contributed by atoms with van der Waals surface area (Å²) in [5.41, 5.74) is 1.13. The Bertz CT molecular complexity index is 586. The second-order valence-corrected chi connectivity index (χ2v) is 20.0. The molecule has 0 aromatic heterocycles. The van der Waals surface area contributed by atoms with Crippen molar-refractivity contribution in [1.29, 1.82) is 0 Å². The molecular formula is C24H49NO5Si2. The summed E-state index contributed by atoms with van der Waals surface area (Å²) in [5.74, 6) is 0.494. The molecule has 0 radical (unpaired) electrons. The molecule has 0 aromatic rings. The normalized spacial score (nSPS) is 24.6. The number of hydrogen-bond donors (Lipinski definition) is 0. The molecule has 1 rings (SSSR count). The van der Waals surface area contributed by atoms with Gasteiger partial charge in [0.1, 0.15) is 7.11 Å². The highest BCUT2D eigenvalue weighted by Crippen LogP contribution is 2.44. The van der Waals surface area contributed by atoms with E-state index < -0.39 is 16.6 Å². The third kappa shape index (κ3) is 11.4. The number of hydrogen-bond acceptors (Lipinski definition) is 6. The molecule has 4 atom stereocenters. The Kier molecular flexibility index (Phi) is 12.7. The Balaban J connectivity index is 3.07. The van der Waals surface area contributed by atoms with Crippen molar-refractivity contribution < 1.29 is 23.2 Å². The Morgan fingerprint density at radius 1 is 0.844 bits per heavy atom. The van der Waals surface area contributed by atoms with Gasteiger partial charge >= 0.3 is 5.97 Å². The van der Waals surface area contributed by atoms with Crippen LogP contribution in [0.5, 0.6) is 0 Å². The van der Waals surface area contributed by atoms with Crippen LogP contribution in [0.25, 0.3) is 0 Å². The average Bonchev–Trinajstić information content (AvgIpc) is 2.96. The zero-order valence-electron chi connectivity index (χ0n) is 22.2. The molecule has 0 aromatic carbocycles. The Hall–Kier alpha value is -0.706. The number of ether oxygens (including phenoxy) is 1. The number of methoxy groups -OCH3 is 1. The summed E-state index contributed by atoms with van der Waals surface area (Å²) in [6, 6.07) is 0. The van der Waals surface area contributed by atoms with E-state index in [2.05, 4.69) is 51.4 Å². The van der Waals surface area contributed by atoms with Crippen molar-refractivity contribution in [2.75, 3.05) is 14.2 Å². The standard InChI is InChI=1S/C24H49NO5Si2/c1-10-11-12-13-19(25-28-3)14-15-20-21(16-17-24(26)27-2)23(30-32(7,8)9)18-22(20)29-31(4,5)6/h20-23H,10-18H2,1-9H3/b25-19+/t20-,21-,22+,23+/m0/s1. The smallest absolute Gasteiger partial charge is 0.305 e. The largest absolute Gasteiger partial charge is 0.469 e. The molecule has 0 saturated heterocycles. The first-order chi connectivity index (χ1) is 14.9. The molecule has 0 aliphatic heterocycles. The maximum atomic E-state index is 12.0. The van der Waals surface area contributed by atoms with Crippen LogP contribution in [0.4, 0.5) is 0 Å². The summed E-state index contributed by atoms with van der Waals surface area (Å²) < 4.78 is 18.3. The molecule has 0 N–H and O–H groups in total. The first-order valence-corrected chi connectivity index (χ1v) is 19.2. The second-order valence-electron chi connectivity index (χ2n) is 11.1. The van der Waals surface area contributed by atoms with Crippen LogP contribution in [0, 0.1) is 11.8 Å². The summed E-state index contributed by atoms with van der Waals surface area (Å²) >= 11 is 0. The van der Waals surface area contributed by atoms with Gasteiger partial charge in [-0.2, -0.15) is 0 Å². The number of carbonyl (C=O) groups is 1. The molecule has 6 nitrogen and oxygen atoms in total. The predicted molar refractivity (Wildman–Crippen MR) is 137 cm³/mol. The van der Waals surface area contributed by atoms with Crippen molar-refractivity contribution in [3.8, 4) is 0 Å². The van der Waals surface area contributed by atoms with Crippen LogP contribution in [-0.4, -0.2) is 54.7 Å². The highest BCUT2D eigenvalue weighted by atomic mass is 28.4. The van der Waals surface area contributed by atoms with Gasteiger partial charge in [-0.05, 0) is 89.6 Å². The Labute approximate surface area is 199 Å². The van der Waals surface area contributed by atoms with Gasteiger partial charge in [-0.1, -0.05) is 24.9 Å². The van der Waals surface area contributed by atoms with Gasteiger partial charge in [0, 0.05) is 6.42 Å². The Morgan fingerprint density at radius 3 is 1.81 bits per heavy atom. The van der Waals surface area contributed by atoms with Gasteiger partial charge in [0.15, 0.2) is 16.6 Å². The first kappa shape index (κ1) is 29.3. The van der Waals surface area contributed by atoms with E-state index in [4.69, 9.17) is 18.4 Å². The van der Waals surface area contributed by atoms with E-state index in [1.807, 2.05) is 0 Å². The minimum Gasteiger partial charge on any atom is -0.469 e. The minimum atomic E-state index is -1.73. The van der Waals surface area contributed by atoms with Crippen LogP contribution in [0.3, 0.4) is 0 Å².